The zero-order valence-corrected chi connectivity index (χ0v) is 13.0. The van der Waals surface area contributed by atoms with Crippen LogP contribution in [0.3, 0.4) is 0 Å². The van der Waals surface area contributed by atoms with Crippen LogP contribution in [-0.4, -0.2) is 29.8 Å². The Kier molecular flexibility index (Phi) is 3.61. The quantitative estimate of drug-likeness (QED) is 0.846. The molecule has 0 saturated carbocycles. The van der Waals surface area contributed by atoms with Crippen molar-refractivity contribution in [3.8, 4) is 0 Å². The van der Waals surface area contributed by atoms with Gasteiger partial charge in [-0.05, 0) is 60.8 Å². The molecule has 18 heavy (non-hydrogen) atoms. The molecule has 4 heteroatoms. The van der Waals surface area contributed by atoms with Gasteiger partial charge in [0, 0.05) is 29.3 Å². The smallest absolute Gasteiger partial charge is 0.141 e. The van der Waals surface area contributed by atoms with Gasteiger partial charge in [-0.2, -0.15) is 0 Å². The van der Waals surface area contributed by atoms with Crippen LogP contribution in [0, 0.1) is 5.92 Å². The molecule has 3 rings (SSSR count). The van der Waals surface area contributed by atoms with Crippen LogP contribution < -0.4 is 0 Å². The summed E-state index contributed by atoms with van der Waals surface area (Å²) in [5, 5.41) is 0. The Hall–Kier alpha value is -0.190. The molecule has 3 heterocycles. The summed E-state index contributed by atoms with van der Waals surface area (Å²) in [6, 6.07) is 5.42. The van der Waals surface area contributed by atoms with Gasteiger partial charge in [-0.1, -0.05) is 0 Å². The molecule has 0 radical (unpaired) electrons. The molecule has 2 saturated heterocycles. The lowest BCUT2D eigenvalue weighted by molar-refractivity contribution is -0.124. The molecule has 0 aromatic carbocycles. The Labute approximate surface area is 120 Å². The predicted molar refractivity (Wildman–Crippen MR) is 78.0 cm³/mol. The standard InChI is InChI=1S/C14H18BrNOS/c1-16-10-2-3-11(16)7-9(6-10)13(17)8-12-4-5-14(15)18-12/h4-5,9-11H,2-3,6-8H2,1H3. The van der Waals surface area contributed by atoms with Crippen molar-refractivity contribution in [1.82, 2.24) is 4.90 Å². The molecule has 2 aliphatic rings. The highest BCUT2D eigenvalue weighted by Gasteiger charge is 2.40. The maximum atomic E-state index is 12.4. The largest absolute Gasteiger partial charge is 0.300 e. The van der Waals surface area contributed by atoms with Crippen molar-refractivity contribution in [2.75, 3.05) is 7.05 Å². The van der Waals surface area contributed by atoms with Crippen LogP contribution in [0.15, 0.2) is 15.9 Å². The molecular weight excluding hydrogens is 310 g/mol. The van der Waals surface area contributed by atoms with Gasteiger partial charge in [-0.3, -0.25) is 4.79 Å². The molecule has 2 unspecified atom stereocenters. The van der Waals surface area contributed by atoms with Crippen LogP contribution >= 0.6 is 27.3 Å². The van der Waals surface area contributed by atoms with Gasteiger partial charge in [0.15, 0.2) is 0 Å². The van der Waals surface area contributed by atoms with Gasteiger partial charge in [0.1, 0.15) is 5.78 Å². The lowest BCUT2D eigenvalue weighted by Gasteiger charge is -2.35. The van der Waals surface area contributed by atoms with Crippen molar-refractivity contribution in [1.29, 1.82) is 0 Å². The van der Waals surface area contributed by atoms with Gasteiger partial charge in [-0.25, -0.2) is 0 Å². The minimum atomic E-state index is 0.305. The summed E-state index contributed by atoms with van der Waals surface area (Å²) in [7, 11) is 2.22. The number of ketones is 1. The zero-order valence-electron chi connectivity index (χ0n) is 10.6. The van der Waals surface area contributed by atoms with Crippen molar-refractivity contribution in [3.05, 3.63) is 20.8 Å². The van der Waals surface area contributed by atoms with Crippen molar-refractivity contribution in [2.24, 2.45) is 5.92 Å². The third-order valence-corrected chi connectivity index (χ3v) is 6.15. The molecule has 2 fully saturated rings. The van der Waals surface area contributed by atoms with E-state index in [0.717, 1.165) is 16.6 Å². The lowest BCUT2D eigenvalue weighted by atomic mass is 9.86. The second-order valence-electron chi connectivity index (χ2n) is 5.57. The second-order valence-corrected chi connectivity index (χ2v) is 8.12. The molecule has 2 nitrogen and oxygen atoms in total. The first-order chi connectivity index (χ1) is 8.63. The van der Waals surface area contributed by atoms with Gasteiger partial charge in [0.25, 0.3) is 0 Å². The molecule has 1 aromatic rings. The normalized spacial score (nSPS) is 31.8. The molecule has 98 valence electrons. The summed E-state index contributed by atoms with van der Waals surface area (Å²) >= 11 is 5.14. The molecule has 0 amide bonds. The van der Waals surface area contributed by atoms with Gasteiger partial charge in [0.05, 0.1) is 3.79 Å². The number of rotatable bonds is 3. The average molecular weight is 328 g/mol. The number of hydrogen-bond acceptors (Lipinski definition) is 3. The molecule has 2 bridgehead atoms. The van der Waals surface area contributed by atoms with E-state index in [1.807, 2.05) is 6.07 Å². The Balaban J connectivity index is 1.64. The Morgan fingerprint density at radius 3 is 2.61 bits per heavy atom. The zero-order chi connectivity index (χ0) is 12.7. The number of piperidine rings is 1. The second kappa shape index (κ2) is 5.06. The fourth-order valence-electron chi connectivity index (χ4n) is 3.44. The number of carbonyl (C=O) groups excluding carboxylic acids is 1. The van der Waals surface area contributed by atoms with Gasteiger partial charge < -0.3 is 4.90 Å². The van der Waals surface area contributed by atoms with Crippen LogP contribution in [0.1, 0.15) is 30.6 Å². The highest BCUT2D eigenvalue weighted by atomic mass is 79.9. The third kappa shape index (κ3) is 2.43. The monoisotopic (exact) mass is 327 g/mol. The summed E-state index contributed by atoms with van der Waals surface area (Å²) in [6.07, 6.45) is 5.37. The highest BCUT2D eigenvalue weighted by Crippen LogP contribution is 2.38. The van der Waals surface area contributed by atoms with E-state index in [9.17, 15) is 4.79 Å². The van der Waals surface area contributed by atoms with Gasteiger partial charge in [-0.15, -0.1) is 11.3 Å². The van der Waals surface area contributed by atoms with Crippen LogP contribution in [0.4, 0.5) is 0 Å². The highest BCUT2D eigenvalue weighted by molar-refractivity contribution is 9.11. The number of Topliss-reactive ketones (excluding diaryl/α,β-unsaturated/α-hetero) is 1. The number of carbonyl (C=O) groups is 1. The Bertz CT molecular complexity index is 444. The minimum absolute atomic E-state index is 0.305. The van der Waals surface area contributed by atoms with Crippen LogP contribution in [-0.2, 0) is 11.2 Å². The third-order valence-electron chi connectivity index (χ3n) is 4.53. The first kappa shape index (κ1) is 12.8. The van der Waals surface area contributed by atoms with E-state index in [1.165, 1.54) is 17.7 Å². The lowest BCUT2D eigenvalue weighted by Crippen LogP contribution is -2.42. The van der Waals surface area contributed by atoms with Gasteiger partial charge in [0.2, 0.25) is 0 Å². The summed E-state index contributed by atoms with van der Waals surface area (Å²) in [6.45, 7) is 0. The number of hydrogen-bond donors (Lipinski definition) is 0. The van der Waals surface area contributed by atoms with Crippen LogP contribution in [0.25, 0.3) is 0 Å². The Morgan fingerprint density at radius 1 is 1.39 bits per heavy atom. The first-order valence-electron chi connectivity index (χ1n) is 6.62. The molecule has 0 spiro atoms. The summed E-state index contributed by atoms with van der Waals surface area (Å²) in [5.74, 6) is 0.758. The van der Waals surface area contributed by atoms with Crippen molar-refractivity contribution in [3.63, 3.8) is 0 Å². The number of halogens is 1. The van der Waals surface area contributed by atoms with E-state index in [4.69, 9.17) is 0 Å². The number of thiophene rings is 1. The van der Waals surface area contributed by atoms with E-state index < -0.39 is 0 Å². The van der Waals surface area contributed by atoms with Crippen molar-refractivity contribution < 1.29 is 4.79 Å². The number of fused-ring (bicyclic) bond motifs is 2. The van der Waals surface area contributed by atoms with Crippen LogP contribution in [0.2, 0.25) is 0 Å². The number of nitrogens with zero attached hydrogens (tertiary/aromatic N) is 1. The molecular formula is C14H18BrNOS. The molecule has 0 N–H and O–H groups in total. The van der Waals surface area contributed by atoms with E-state index >= 15 is 0 Å². The van der Waals surface area contributed by atoms with E-state index in [-0.39, 0.29) is 0 Å². The van der Waals surface area contributed by atoms with E-state index in [1.54, 1.807) is 11.3 Å². The van der Waals surface area contributed by atoms with Crippen LogP contribution in [0.5, 0.6) is 0 Å². The maximum Gasteiger partial charge on any atom is 0.141 e. The summed E-state index contributed by atoms with van der Waals surface area (Å²) < 4.78 is 1.12. The Morgan fingerprint density at radius 2 is 2.06 bits per heavy atom. The summed E-state index contributed by atoms with van der Waals surface area (Å²) in [4.78, 5) is 16.1. The predicted octanol–water partition coefficient (Wildman–Crippen LogP) is 3.50. The summed E-state index contributed by atoms with van der Waals surface area (Å²) in [5.41, 5.74) is 0. The van der Waals surface area contributed by atoms with Crippen molar-refractivity contribution in [2.45, 2.75) is 44.2 Å². The minimum Gasteiger partial charge on any atom is -0.300 e. The molecule has 0 aliphatic carbocycles. The fourth-order valence-corrected chi connectivity index (χ4v) is 4.93. The molecule has 1 aromatic heterocycles. The maximum absolute atomic E-state index is 12.4. The molecule has 2 aliphatic heterocycles. The average Bonchev–Trinajstić information content (AvgIpc) is 2.80. The fraction of sp³-hybridized carbons (Fsp3) is 0.643. The SMILES string of the molecule is CN1C2CCC1CC(C(=O)Cc1ccc(Br)s1)C2. The van der Waals surface area contributed by atoms with E-state index in [0.29, 0.717) is 30.2 Å². The van der Waals surface area contributed by atoms with Gasteiger partial charge >= 0.3 is 0 Å². The van der Waals surface area contributed by atoms with Crippen molar-refractivity contribution >= 4 is 33.0 Å². The van der Waals surface area contributed by atoms with E-state index in [2.05, 4.69) is 33.9 Å². The molecule has 2 atom stereocenters. The topological polar surface area (TPSA) is 20.3 Å². The first-order valence-corrected chi connectivity index (χ1v) is 8.23.